The van der Waals surface area contributed by atoms with E-state index in [0.29, 0.717) is 13.2 Å². The summed E-state index contributed by atoms with van der Waals surface area (Å²) in [6.45, 7) is 4.44. The molecule has 0 saturated heterocycles. The Morgan fingerprint density at radius 2 is 2.14 bits per heavy atom. The van der Waals surface area contributed by atoms with E-state index in [4.69, 9.17) is 10.5 Å². The summed E-state index contributed by atoms with van der Waals surface area (Å²) in [7, 11) is 0. The second-order valence-corrected chi connectivity index (χ2v) is 3.33. The molecule has 0 aliphatic rings. The standard InChI is InChI=1S/C7H16N2O2S.2ClH/c1-3-12-9-6(2)7(10)11-5-4-8;;/h6,9H,3-5,8H2,1-2H3;2*1H. The zero-order valence-corrected chi connectivity index (χ0v) is 10.8. The lowest BCUT2D eigenvalue weighted by Crippen LogP contribution is -2.32. The summed E-state index contributed by atoms with van der Waals surface area (Å²) in [4.78, 5) is 11.1. The van der Waals surface area contributed by atoms with Gasteiger partial charge in [-0.3, -0.25) is 9.52 Å². The molecule has 14 heavy (non-hydrogen) atoms. The van der Waals surface area contributed by atoms with Crippen LogP contribution in [0.3, 0.4) is 0 Å². The van der Waals surface area contributed by atoms with Gasteiger partial charge in [-0.05, 0) is 6.92 Å². The maximum atomic E-state index is 11.1. The van der Waals surface area contributed by atoms with Gasteiger partial charge in [0.25, 0.3) is 0 Å². The van der Waals surface area contributed by atoms with Crippen LogP contribution in [0.15, 0.2) is 0 Å². The first kappa shape index (κ1) is 19.8. The van der Waals surface area contributed by atoms with Crippen molar-refractivity contribution in [3.05, 3.63) is 0 Å². The van der Waals surface area contributed by atoms with Gasteiger partial charge in [0.2, 0.25) is 0 Å². The smallest absolute Gasteiger partial charge is 0.323 e. The zero-order valence-electron chi connectivity index (χ0n) is 8.32. The first-order valence-electron chi connectivity index (χ1n) is 3.96. The maximum Gasteiger partial charge on any atom is 0.323 e. The van der Waals surface area contributed by atoms with Crippen molar-refractivity contribution in [3.8, 4) is 0 Å². The predicted molar refractivity (Wildman–Crippen MR) is 65.2 cm³/mol. The van der Waals surface area contributed by atoms with E-state index in [0.717, 1.165) is 5.75 Å². The second-order valence-electron chi connectivity index (χ2n) is 2.23. The molecule has 7 heteroatoms. The molecule has 4 nitrogen and oxygen atoms in total. The number of esters is 1. The summed E-state index contributed by atoms with van der Waals surface area (Å²) in [5.74, 6) is 0.676. The van der Waals surface area contributed by atoms with Crippen molar-refractivity contribution in [1.29, 1.82) is 0 Å². The minimum absolute atomic E-state index is 0. The van der Waals surface area contributed by atoms with Crippen LogP contribution >= 0.6 is 36.8 Å². The maximum absolute atomic E-state index is 11.1. The van der Waals surface area contributed by atoms with Crippen LogP contribution in [0.4, 0.5) is 0 Å². The fourth-order valence-corrected chi connectivity index (χ4v) is 1.05. The average Bonchev–Trinajstić information content (AvgIpc) is 2.10. The Kier molecular flexibility index (Phi) is 18.9. The molecule has 1 unspecified atom stereocenters. The number of hydrogen-bond acceptors (Lipinski definition) is 5. The molecule has 3 N–H and O–H groups in total. The van der Waals surface area contributed by atoms with Crippen LogP contribution < -0.4 is 10.5 Å². The van der Waals surface area contributed by atoms with Crippen molar-refractivity contribution < 1.29 is 9.53 Å². The van der Waals surface area contributed by atoms with E-state index in [1.807, 2.05) is 6.92 Å². The van der Waals surface area contributed by atoms with Gasteiger partial charge in [-0.15, -0.1) is 24.8 Å². The summed E-state index contributed by atoms with van der Waals surface area (Å²) < 4.78 is 7.75. The quantitative estimate of drug-likeness (QED) is 0.553. The number of nitrogens with two attached hydrogens (primary N) is 1. The number of carbonyl (C=O) groups is 1. The summed E-state index contributed by atoms with van der Waals surface area (Å²) in [5, 5.41) is 0. The predicted octanol–water partition coefficient (Wildman–Crippen LogP) is 0.978. The molecule has 0 aromatic rings. The number of rotatable bonds is 6. The van der Waals surface area contributed by atoms with E-state index in [1.165, 1.54) is 11.9 Å². The van der Waals surface area contributed by atoms with Crippen LogP contribution in [-0.2, 0) is 9.53 Å². The molecular formula is C7H18Cl2N2O2S. The summed E-state index contributed by atoms with van der Waals surface area (Å²) in [6.07, 6.45) is 0. The van der Waals surface area contributed by atoms with Crippen molar-refractivity contribution >= 4 is 42.7 Å². The normalized spacial score (nSPS) is 10.8. The lowest BCUT2D eigenvalue weighted by molar-refractivity contribution is -0.144. The minimum atomic E-state index is -0.263. The Labute approximate surface area is 102 Å². The van der Waals surface area contributed by atoms with Crippen molar-refractivity contribution in [2.24, 2.45) is 5.73 Å². The average molecular weight is 265 g/mol. The van der Waals surface area contributed by atoms with E-state index >= 15 is 0 Å². The molecular weight excluding hydrogens is 247 g/mol. The Morgan fingerprint density at radius 3 is 2.57 bits per heavy atom. The molecule has 0 rings (SSSR count). The summed E-state index contributed by atoms with van der Waals surface area (Å²) in [5.41, 5.74) is 5.17. The molecule has 0 heterocycles. The fourth-order valence-electron chi connectivity index (χ4n) is 0.541. The van der Waals surface area contributed by atoms with Gasteiger partial charge in [0.15, 0.2) is 0 Å². The van der Waals surface area contributed by atoms with Crippen LogP contribution in [0.25, 0.3) is 0 Å². The molecule has 88 valence electrons. The fraction of sp³-hybridized carbons (Fsp3) is 0.857. The molecule has 0 aromatic carbocycles. The number of ether oxygens (including phenoxy) is 1. The van der Waals surface area contributed by atoms with Gasteiger partial charge in [0.05, 0.1) is 0 Å². The molecule has 0 aromatic heterocycles. The van der Waals surface area contributed by atoms with Crippen molar-refractivity contribution in [2.45, 2.75) is 19.9 Å². The minimum Gasteiger partial charge on any atom is -0.463 e. The molecule has 0 radical (unpaired) electrons. The number of carbonyl (C=O) groups excluding carboxylic acids is 1. The summed E-state index contributed by atoms with van der Waals surface area (Å²) >= 11 is 1.50. The van der Waals surface area contributed by atoms with E-state index < -0.39 is 0 Å². The molecule has 0 saturated carbocycles. The monoisotopic (exact) mass is 264 g/mol. The molecule has 0 amide bonds. The first-order valence-corrected chi connectivity index (χ1v) is 4.95. The van der Waals surface area contributed by atoms with Crippen LogP contribution in [0.2, 0.25) is 0 Å². The van der Waals surface area contributed by atoms with Crippen LogP contribution in [0, 0.1) is 0 Å². The highest BCUT2D eigenvalue weighted by molar-refractivity contribution is 7.97. The highest BCUT2D eigenvalue weighted by Crippen LogP contribution is 1.96. The van der Waals surface area contributed by atoms with Gasteiger partial charge in [-0.2, -0.15) is 0 Å². The van der Waals surface area contributed by atoms with Crippen molar-refractivity contribution in [3.63, 3.8) is 0 Å². The Balaban J connectivity index is -0.000000605. The third kappa shape index (κ3) is 10.4. The SMILES string of the molecule is CCSNC(C)C(=O)OCCN.Cl.Cl. The number of nitrogens with one attached hydrogen (secondary N) is 1. The lowest BCUT2D eigenvalue weighted by Gasteiger charge is -2.10. The van der Waals surface area contributed by atoms with E-state index in [9.17, 15) is 4.79 Å². The van der Waals surface area contributed by atoms with Gasteiger partial charge in [-0.1, -0.05) is 18.9 Å². The second kappa shape index (κ2) is 13.3. The third-order valence-corrected chi connectivity index (χ3v) is 1.93. The topological polar surface area (TPSA) is 64.3 Å². The van der Waals surface area contributed by atoms with Gasteiger partial charge in [-0.25, -0.2) is 0 Å². The van der Waals surface area contributed by atoms with Gasteiger partial charge in [0.1, 0.15) is 12.6 Å². The number of hydrogen-bond donors (Lipinski definition) is 2. The molecule has 0 spiro atoms. The van der Waals surface area contributed by atoms with E-state index in [1.54, 1.807) is 6.92 Å². The Bertz CT molecular complexity index is 141. The Morgan fingerprint density at radius 1 is 1.57 bits per heavy atom. The summed E-state index contributed by atoms with van der Waals surface area (Å²) in [6, 6.07) is -0.263. The first-order chi connectivity index (χ1) is 5.72. The van der Waals surface area contributed by atoms with Crippen LogP contribution in [-0.4, -0.2) is 30.9 Å². The van der Waals surface area contributed by atoms with Crippen molar-refractivity contribution in [2.75, 3.05) is 18.9 Å². The molecule has 0 aliphatic heterocycles. The van der Waals surface area contributed by atoms with Crippen LogP contribution in [0.5, 0.6) is 0 Å². The van der Waals surface area contributed by atoms with E-state index in [-0.39, 0.29) is 36.8 Å². The van der Waals surface area contributed by atoms with Gasteiger partial charge >= 0.3 is 5.97 Å². The van der Waals surface area contributed by atoms with Crippen LogP contribution in [0.1, 0.15) is 13.8 Å². The largest absolute Gasteiger partial charge is 0.463 e. The molecule has 1 atom stereocenters. The van der Waals surface area contributed by atoms with Crippen molar-refractivity contribution in [1.82, 2.24) is 4.72 Å². The molecule has 0 bridgehead atoms. The van der Waals surface area contributed by atoms with Gasteiger partial charge in [0, 0.05) is 12.3 Å². The zero-order chi connectivity index (χ0) is 9.40. The molecule has 0 fully saturated rings. The van der Waals surface area contributed by atoms with E-state index in [2.05, 4.69) is 4.72 Å². The molecule has 0 aliphatic carbocycles. The lowest BCUT2D eigenvalue weighted by atomic mass is 10.4. The van der Waals surface area contributed by atoms with Gasteiger partial charge < -0.3 is 10.5 Å². The third-order valence-electron chi connectivity index (χ3n) is 1.12. The number of halogens is 2. The highest BCUT2D eigenvalue weighted by Gasteiger charge is 2.12. The Hall–Kier alpha value is 0.320. The highest BCUT2D eigenvalue weighted by atomic mass is 35.5.